The molecule has 0 heterocycles. The van der Waals surface area contributed by atoms with Gasteiger partial charge in [-0.05, 0) is 40.3 Å². The second-order valence-corrected chi connectivity index (χ2v) is 4.63. The van der Waals surface area contributed by atoms with Crippen LogP contribution in [0.1, 0.15) is 40.0 Å². The van der Waals surface area contributed by atoms with Gasteiger partial charge in [-0.15, -0.1) is 0 Å². The van der Waals surface area contributed by atoms with E-state index in [-0.39, 0.29) is 11.6 Å². The van der Waals surface area contributed by atoms with E-state index in [0.29, 0.717) is 0 Å². The maximum atomic E-state index is 5.66. The molecule has 2 unspecified atom stereocenters. The summed E-state index contributed by atoms with van der Waals surface area (Å²) in [4.78, 5) is 2.24. The van der Waals surface area contributed by atoms with Gasteiger partial charge in [-0.25, -0.2) is 0 Å². The van der Waals surface area contributed by atoms with Crippen molar-refractivity contribution in [3.63, 3.8) is 0 Å². The lowest BCUT2D eigenvalue weighted by atomic mass is 9.84. The number of hydrogen-bond acceptors (Lipinski definition) is 3. The summed E-state index contributed by atoms with van der Waals surface area (Å²) in [6.45, 7) is 10.6. The maximum absolute atomic E-state index is 5.66. The summed E-state index contributed by atoms with van der Waals surface area (Å²) in [5.41, 5.74) is 4.26. The quantitative estimate of drug-likeness (QED) is 0.385. The highest BCUT2D eigenvalue weighted by molar-refractivity contribution is 5.03. The molecule has 0 aliphatic rings. The summed E-state index contributed by atoms with van der Waals surface area (Å²) in [5.74, 6) is 5.66. The van der Waals surface area contributed by atoms with Crippen LogP contribution in [0.4, 0.5) is 0 Å². The minimum absolute atomic E-state index is 0.0762. The first kappa shape index (κ1) is 14.6. The van der Waals surface area contributed by atoms with E-state index in [0.717, 1.165) is 19.3 Å². The molecule has 0 rings (SSSR count). The smallest absolute Gasteiger partial charge is 0.0428 e. The minimum atomic E-state index is 0.0762. The molecular formula is C12H27N3. The van der Waals surface area contributed by atoms with Crippen molar-refractivity contribution in [2.24, 2.45) is 5.84 Å². The van der Waals surface area contributed by atoms with E-state index >= 15 is 0 Å². The van der Waals surface area contributed by atoms with Crippen LogP contribution >= 0.6 is 0 Å². The number of hydrogen-bond donors (Lipinski definition) is 2. The first-order valence-corrected chi connectivity index (χ1v) is 5.72. The van der Waals surface area contributed by atoms with Gasteiger partial charge in [-0.3, -0.25) is 11.3 Å². The van der Waals surface area contributed by atoms with E-state index < -0.39 is 0 Å². The number of rotatable bonds is 7. The maximum Gasteiger partial charge on any atom is 0.0428 e. The van der Waals surface area contributed by atoms with E-state index in [4.69, 9.17) is 5.84 Å². The predicted molar refractivity (Wildman–Crippen MR) is 67.5 cm³/mol. The number of hydrazine groups is 1. The van der Waals surface area contributed by atoms with Crippen molar-refractivity contribution < 1.29 is 0 Å². The molecule has 0 aliphatic carbocycles. The lowest BCUT2D eigenvalue weighted by Crippen LogP contribution is -2.58. The van der Waals surface area contributed by atoms with Crippen LogP contribution < -0.4 is 11.3 Å². The fourth-order valence-electron chi connectivity index (χ4n) is 1.77. The Balaban J connectivity index is 4.68. The molecule has 0 saturated heterocycles. The molecule has 0 saturated carbocycles. The summed E-state index contributed by atoms with van der Waals surface area (Å²) in [5, 5.41) is 0. The number of nitrogens with one attached hydrogen (secondary N) is 1. The van der Waals surface area contributed by atoms with Crippen molar-refractivity contribution in [2.75, 3.05) is 14.1 Å². The van der Waals surface area contributed by atoms with Crippen molar-refractivity contribution >= 4 is 0 Å². The average Bonchev–Trinajstić information content (AvgIpc) is 2.23. The van der Waals surface area contributed by atoms with Crippen molar-refractivity contribution in [3.8, 4) is 0 Å². The molecule has 0 aromatic heterocycles. The summed E-state index contributed by atoms with van der Waals surface area (Å²) >= 11 is 0. The van der Waals surface area contributed by atoms with Crippen LogP contribution in [0.25, 0.3) is 0 Å². The van der Waals surface area contributed by atoms with Gasteiger partial charge in [-0.2, -0.15) is 0 Å². The fraction of sp³-hybridized carbons (Fsp3) is 0.833. The molecule has 2 atom stereocenters. The molecule has 90 valence electrons. The molecule has 0 aromatic carbocycles. The molecular weight excluding hydrogens is 186 g/mol. The van der Waals surface area contributed by atoms with Gasteiger partial charge in [0, 0.05) is 11.6 Å². The van der Waals surface area contributed by atoms with Crippen LogP contribution in [-0.2, 0) is 0 Å². The molecule has 0 fully saturated rings. The zero-order chi connectivity index (χ0) is 12.1. The third-order valence-electron chi connectivity index (χ3n) is 3.68. The highest BCUT2D eigenvalue weighted by Gasteiger charge is 2.33. The molecule has 0 aromatic rings. The monoisotopic (exact) mass is 213 g/mol. The number of nitrogens with two attached hydrogens (primary N) is 1. The Morgan fingerprint density at radius 1 is 1.47 bits per heavy atom. The van der Waals surface area contributed by atoms with Crippen molar-refractivity contribution in [1.29, 1.82) is 0 Å². The van der Waals surface area contributed by atoms with Crippen LogP contribution in [-0.4, -0.2) is 30.6 Å². The topological polar surface area (TPSA) is 41.3 Å². The largest absolute Gasteiger partial charge is 0.302 e. The van der Waals surface area contributed by atoms with Gasteiger partial charge in [0.1, 0.15) is 0 Å². The molecule has 0 radical (unpaired) electrons. The van der Waals surface area contributed by atoms with Crippen molar-refractivity contribution in [3.05, 3.63) is 12.2 Å². The Bertz CT molecular complexity index is 201. The van der Waals surface area contributed by atoms with Crippen LogP contribution in [0.5, 0.6) is 0 Å². The van der Waals surface area contributed by atoms with Gasteiger partial charge < -0.3 is 4.90 Å². The normalized spacial score (nSPS) is 17.5. The second kappa shape index (κ2) is 6.26. The van der Waals surface area contributed by atoms with Crippen molar-refractivity contribution in [1.82, 2.24) is 10.3 Å². The molecule has 0 amide bonds. The minimum Gasteiger partial charge on any atom is -0.302 e. The molecule has 3 nitrogen and oxygen atoms in total. The highest BCUT2D eigenvalue weighted by Crippen LogP contribution is 2.25. The third kappa shape index (κ3) is 3.59. The second-order valence-electron chi connectivity index (χ2n) is 4.63. The number of nitrogens with zero attached hydrogens (tertiary/aromatic N) is 1. The van der Waals surface area contributed by atoms with Gasteiger partial charge in [0.25, 0.3) is 0 Å². The zero-order valence-electron chi connectivity index (χ0n) is 10.9. The Labute approximate surface area is 94.7 Å². The first-order chi connectivity index (χ1) is 6.92. The molecule has 0 aliphatic heterocycles. The van der Waals surface area contributed by atoms with E-state index in [1.165, 1.54) is 5.57 Å². The third-order valence-corrected chi connectivity index (χ3v) is 3.68. The van der Waals surface area contributed by atoms with Gasteiger partial charge >= 0.3 is 0 Å². The Kier molecular flexibility index (Phi) is 6.10. The lowest BCUT2D eigenvalue weighted by molar-refractivity contribution is 0.112. The Morgan fingerprint density at radius 2 is 2.00 bits per heavy atom. The fourth-order valence-corrected chi connectivity index (χ4v) is 1.77. The van der Waals surface area contributed by atoms with E-state index in [1.54, 1.807) is 0 Å². The average molecular weight is 213 g/mol. The van der Waals surface area contributed by atoms with Gasteiger partial charge in [0.15, 0.2) is 0 Å². The van der Waals surface area contributed by atoms with Crippen molar-refractivity contribution in [2.45, 2.75) is 51.6 Å². The Hall–Kier alpha value is -0.380. The molecule has 3 N–H and O–H groups in total. The van der Waals surface area contributed by atoms with Gasteiger partial charge in [0.05, 0.1) is 0 Å². The summed E-state index contributed by atoms with van der Waals surface area (Å²) < 4.78 is 0. The summed E-state index contributed by atoms with van der Waals surface area (Å²) in [7, 11) is 4.20. The SMILES string of the molecule is C=C(CC)CC(NN)C(C)(CC)N(C)C. The first-order valence-electron chi connectivity index (χ1n) is 5.72. The van der Waals surface area contributed by atoms with E-state index in [9.17, 15) is 0 Å². The molecule has 3 heteroatoms. The van der Waals surface area contributed by atoms with Crippen LogP contribution in [0.15, 0.2) is 12.2 Å². The summed E-state index contributed by atoms with van der Waals surface area (Å²) in [6.07, 6.45) is 3.02. The Morgan fingerprint density at radius 3 is 2.27 bits per heavy atom. The van der Waals surface area contributed by atoms with Crippen LogP contribution in [0, 0.1) is 0 Å². The van der Waals surface area contributed by atoms with Crippen LogP contribution in [0.3, 0.4) is 0 Å². The molecule has 0 bridgehead atoms. The van der Waals surface area contributed by atoms with Gasteiger partial charge in [-0.1, -0.05) is 26.0 Å². The molecule has 0 spiro atoms. The van der Waals surface area contributed by atoms with E-state index in [2.05, 4.69) is 51.8 Å². The van der Waals surface area contributed by atoms with Crippen LogP contribution in [0.2, 0.25) is 0 Å². The lowest BCUT2D eigenvalue weighted by Gasteiger charge is -2.42. The predicted octanol–water partition coefficient (Wildman–Crippen LogP) is 1.90. The molecule has 15 heavy (non-hydrogen) atoms. The van der Waals surface area contributed by atoms with Gasteiger partial charge in [0.2, 0.25) is 0 Å². The highest BCUT2D eigenvalue weighted by atomic mass is 15.3. The standard InChI is InChI=1S/C12H27N3/c1-7-10(3)9-11(14-13)12(4,8-2)15(5)6/h11,14H,3,7-9,13H2,1-2,4-6H3. The zero-order valence-corrected chi connectivity index (χ0v) is 10.9. The number of likely N-dealkylation sites (N-methyl/N-ethyl adjacent to an activating group) is 1. The summed E-state index contributed by atoms with van der Waals surface area (Å²) in [6, 6.07) is 0.255. The van der Waals surface area contributed by atoms with E-state index in [1.807, 2.05) is 0 Å².